The summed E-state index contributed by atoms with van der Waals surface area (Å²) >= 11 is 13.9. The zero-order valence-electron chi connectivity index (χ0n) is 18.0. The molecule has 0 radical (unpaired) electrons. The minimum atomic E-state index is -0.484. The summed E-state index contributed by atoms with van der Waals surface area (Å²) in [5.41, 5.74) is 2.58. The normalized spacial score (nSPS) is 18.5. The van der Waals surface area contributed by atoms with Crippen LogP contribution in [0, 0.1) is 12.8 Å². The summed E-state index contributed by atoms with van der Waals surface area (Å²) in [5.74, 6) is 0.826. The zero-order valence-corrected chi connectivity index (χ0v) is 20.4. The predicted molar refractivity (Wildman–Crippen MR) is 130 cm³/mol. The topological polar surface area (TPSA) is 49.4 Å². The van der Waals surface area contributed by atoms with Gasteiger partial charge in [0.1, 0.15) is 6.04 Å². The van der Waals surface area contributed by atoms with Gasteiger partial charge in [-0.2, -0.15) is 0 Å². The first-order valence-electron chi connectivity index (χ1n) is 10.5. The lowest BCUT2D eigenvalue weighted by molar-refractivity contribution is -0.124. The SMILES string of the molecule is Cc1cccc(C(=O)N2C(CC(C)C)SCC2C(=O)NCCc2ccc(Cl)cc2Cl)c1. The zero-order chi connectivity index (χ0) is 22.5. The molecular weight excluding hydrogens is 451 g/mol. The standard InChI is InChI=1S/C24H28Cl2N2O2S/c1-15(2)11-22-28(24(30)18-6-4-5-16(3)12-18)21(14-31-22)23(29)27-10-9-17-7-8-19(25)13-20(17)26/h4-8,12-13,15,21-22H,9-11,14H2,1-3H3,(H,27,29). The van der Waals surface area contributed by atoms with Crippen molar-refractivity contribution in [1.82, 2.24) is 10.2 Å². The lowest BCUT2D eigenvalue weighted by Gasteiger charge is -2.30. The van der Waals surface area contributed by atoms with Gasteiger partial charge in [0.15, 0.2) is 0 Å². The van der Waals surface area contributed by atoms with Crippen LogP contribution in [0.3, 0.4) is 0 Å². The fourth-order valence-corrected chi connectivity index (χ4v) is 5.86. The monoisotopic (exact) mass is 478 g/mol. The molecule has 2 amide bonds. The molecule has 0 bridgehead atoms. The molecule has 0 aliphatic carbocycles. The van der Waals surface area contributed by atoms with Gasteiger partial charge in [-0.3, -0.25) is 9.59 Å². The third-order valence-corrected chi connectivity index (χ3v) is 7.18. The molecule has 0 aromatic heterocycles. The van der Waals surface area contributed by atoms with Gasteiger partial charge in [-0.1, -0.05) is 60.8 Å². The van der Waals surface area contributed by atoms with Gasteiger partial charge in [0, 0.05) is 27.9 Å². The number of nitrogens with zero attached hydrogens (tertiary/aromatic N) is 1. The van der Waals surface area contributed by atoms with E-state index in [0.717, 1.165) is 17.5 Å². The van der Waals surface area contributed by atoms with Gasteiger partial charge in [0.2, 0.25) is 5.91 Å². The second-order valence-corrected chi connectivity index (χ2v) is 10.3. The molecule has 1 N–H and O–H groups in total. The van der Waals surface area contributed by atoms with E-state index in [-0.39, 0.29) is 17.2 Å². The minimum Gasteiger partial charge on any atom is -0.354 e. The molecule has 1 heterocycles. The van der Waals surface area contributed by atoms with Crippen LogP contribution in [-0.4, -0.2) is 40.4 Å². The van der Waals surface area contributed by atoms with Gasteiger partial charge in [-0.05, 0) is 55.5 Å². The van der Waals surface area contributed by atoms with Crippen molar-refractivity contribution in [3.05, 3.63) is 69.2 Å². The number of aryl methyl sites for hydroxylation is 1. The number of nitrogens with one attached hydrogen (secondary N) is 1. The molecular formula is C24H28Cl2N2O2S. The molecule has 2 aromatic rings. The fourth-order valence-electron chi connectivity index (χ4n) is 3.71. The van der Waals surface area contributed by atoms with E-state index >= 15 is 0 Å². The summed E-state index contributed by atoms with van der Waals surface area (Å²) in [6, 6.07) is 12.4. The van der Waals surface area contributed by atoms with Gasteiger partial charge in [-0.15, -0.1) is 11.8 Å². The molecule has 0 spiro atoms. The Labute approximate surface area is 198 Å². The Hall–Kier alpha value is -1.69. The summed E-state index contributed by atoms with van der Waals surface area (Å²) in [4.78, 5) is 28.2. The Balaban J connectivity index is 1.71. The van der Waals surface area contributed by atoms with E-state index in [1.807, 2.05) is 37.3 Å². The summed E-state index contributed by atoms with van der Waals surface area (Å²) in [6.45, 7) is 6.69. The average molecular weight is 479 g/mol. The Morgan fingerprint density at radius 1 is 1.19 bits per heavy atom. The number of hydrogen-bond acceptors (Lipinski definition) is 3. The Bertz CT molecular complexity index is 951. The molecule has 1 aliphatic heterocycles. The smallest absolute Gasteiger partial charge is 0.255 e. The van der Waals surface area contributed by atoms with E-state index in [1.54, 1.807) is 28.8 Å². The third kappa shape index (κ3) is 6.18. The molecule has 1 aliphatic rings. The summed E-state index contributed by atoms with van der Waals surface area (Å²) in [7, 11) is 0. The van der Waals surface area contributed by atoms with Crippen LogP contribution in [0.4, 0.5) is 0 Å². The van der Waals surface area contributed by atoms with Gasteiger partial charge in [-0.25, -0.2) is 0 Å². The number of thioether (sulfide) groups is 1. The number of rotatable bonds is 7. The van der Waals surface area contributed by atoms with Gasteiger partial charge in [0.05, 0.1) is 5.37 Å². The van der Waals surface area contributed by atoms with Crippen molar-refractivity contribution >= 4 is 46.8 Å². The molecule has 0 saturated carbocycles. The van der Waals surface area contributed by atoms with Crippen molar-refractivity contribution in [3.63, 3.8) is 0 Å². The molecule has 2 aromatic carbocycles. The van der Waals surface area contributed by atoms with E-state index in [4.69, 9.17) is 23.2 Å². The van der Waals surface area contributed by atoms with Crippen LogP contribution >= 0.6 is 35.0 Å². The Kier molecular flexibility index (Phi) is 8.31. The fraction of sp³-hybridized carbons (Fsp3) is 0.417. The number of amides is 2. The van der Waals surface area contributed by atoms with E-state index in [0.29, 0.717) is 40.2 Å². The minimum absolute atomic E-state index is 0.00512. The molecule has 166 valence electrons. The van der Waals surface area contributed by atoms with Crippen molar-refractivity contribution in [2.45, 2.75) is 45.0 Å². The first-order valence-corrected chi connectivity index (χ1v) is 12.3. The highest BCUT2D eigenvalue weighted by atomic mass is 35.5. The number of halogens is 2. The molecule has 7 heteroatoms. The number of carbonyl (C=O) groups is 2. The largest absolute Gasteiger partial charge is 0.354 e. The van der Waals surface area contributed by atoms with E-state index < -0.39 is 6.04 Å². The van der Waals surface area contributed by atoms with Crippen LogP contribution in [0.15, 0.2) is 42.5 Å². The number of hydrogen-bond donors (Lipinski definition) is 1. The maximum absolute atomic E-state index is 13.4. The van der Waals surface area contributed by atoms with Crippen LogP contribution in [0.1, 0.15) is 41.8 Å². The third-order valence-electron chi connectivity index (χ3n) is 5.28. The molecule has 4 nitrogen and oxygen atoms in total. The molecule has 2 unspecified atom stereocenters. The van der Waals surface area contributed by atoms with Crippen molar-refractivity contribution < 1.29 is 9.59 Å². The van der Waals surface area contributed by atoms with Gasteiger partial charge < -0.3 is 10.2 Å². The van der Waals surface area contributed by atoms with Crippen LogP contribution in [0.25, 0.3) is 0 Å². The lowest BCUT2D eigenvalue weighted by atomic mass is 10.1. The maximum Gasteiger partial charge on any atom is 0.255 e. The molecule has 1 saturated heterocycles. The first-order chi connectivity index (χ1) is 14.8. The van der Waals surface area contributed by atoms with Gasteiger partial charge in [0.25, 0.3) is 5.91 Å². The summed E-state index contributed by atoms with van der Waals surface area (Å²) in [6.07, 6.45) is 1.45. The van der Waals surface area contributed by atoms with Crippen molar-refractivity contribution in [1.29, 1.82) is 0 Å². The number of benzene rings is 2. The van der Waals surface area contributed by atoms with E-state index in [2.05, 4.69) is 19.2 Å². The summed E-state index contributed by atoms with van der Waals surface area (Å²) in [5, 5.41) is 4.17. The molecule has 1 fully saturated rings. The number of carbonyl (C=O) groups excluding carboxylic acids is 2. The van der Waals surface area contributed by atoms with Crippen molar-refractivity contribution in [2.75, 3.05) is 12.3 Å². The quantitative estimate of drug-likeness (QED) is 0.563. The second kappa shape index (κ2) is 10.8. The van der Waals surface area contributed by atoms with Crippen LogP contribution in [-0.2, 0) is 11.2 Å². The first kappa shape index (κ1) is 24.0. The average Bonchev–Trinajstić information content (AvgIpc) is 3.11. The predicted octanol–water partition coefficient (Wildman–Crippen LogP) is 5.59. The van der Waals surface area contributed by atoms with Crippen molar-refractivity contribution in [3.8, 4) is 0 Å². The van der Waals surface area contributed by atoms with Crippen LogP contribution in [0.5, 0.6) is 0 Å². The molecule has 2 atom stereocenters. The summed E-state index contributed by atoms with van der Waals surface area (Å²) < 4.78 is 0. The van der Waals surface area contributed by atoms with Gasteiger partial charge >= 0.3 is 0 Å². The van der Waals surface area contributed by atoms with Crippen LogP contribution < -0.4 is 5.32 Å². The van der Waals surface area contributed by atoms with Crippen molar-refractivity contribution in [2.24, 2.45) is 5.92 Å². The highest BCUT2D eigenvalue weighted by Gasteiger charge is 2.41. The highest BCUT2D eigenvalue weighted by molar-refractivity contribution is 8.00. The maximum atomic E-state index is 13.4. The molecule has 3 rings (SSSR count). The highest BCUT2D eigenvalue weighted by Crippen LogP contribution is 2.35. The van der Waals surface area contributed by atoms with Crippen LogP contribution in [0.2, 0.25) is 10.0 Å². The van der Waals surface area contributed by atoms with E-state index in [9.17, 15) is 9.59 Å². The second-order valence-electron chi connectivity index (χ2n) is 8.29. The lowest BCUT2D eigenvalue weighted by Crippen LogP contribution is -2.50. The van der Waals surface area contributed by atoms with E-state index in [1.165, 1.54) is 0 Å². The molecule has 31 heavy (non-hydrogen) atoms. The Morgan fingerprint density at radius 3 is 2.65 bits per heavy atom. The Morgan fingerprint density at radius 2 is 1.97 bits per heavy atom.